The smallest absolute Gasteiger partial charge is 0.255 e. The lowest BCUT2D eigenvalue weighted by Crippen LogP contribution is -2.38. The summed E-state index contributed by atoms with van der Waals surface area (Å²) in [7, 11) is 1.59. The van der Waals surface area contributed by atoms with Crippen molar-refractivity contribution in [2.45, 2.75) is 19.4 Å². The number of benzene rings is 2. The van der Waals surface area contributed by atoms with E-state index in [-0.39, 0.29) is 5.91 Å². The fraction of sp³-hybridized carbons (Fsp3) is 0.381. The average Bonchev–Trinajstić information content (AvgIpc) is 2.68. The second kappa shape index (κ2) is 8.67. The van der Waals surface area contributed by atoms with Gasteiger partial charge in [-0.2, -0.15) is 0 Å². The van der Waals surface area contributed by atoms with Crippen molar-refractivity contribution < 1.29 is 9.53 Å². The highest BCUT2D eigenvalue weighted by Crippen LogP contribution is 2.20. The minimum Gasteiger partial charge on any atom is -0.496 e. The van der Waals surface area contributed by atoms with Crippen molar-refractivity contribution in [3.8, 4) is 5.75 Å². The molecule has 1 fully saturated rings. The first kappa shape index (κ1) is 17.5. The molecular formula is C21H26N2O2. The van der Waals surface area contributed by atoms with Crippen LogP contribution in [0.15, 0.2) is 54.6 Å². The zero-order chi connectivity index (χ0) is 17.5. The van der Waals surface area contributed by atoms with Crippen LogP contribution in [-0.2, 0) is 6.54 Å². The number of piperidine rings is 1. The number of rotatable bonds is 6. The van der Waals surface area contributed by atoms with Gasteiger partial charge in [0.15, 0.2) is 0 Å². The van der Waals surface area contributed by atoms with E-state index in [1.54, 1.807) is 13.2 Å². The summed E-state index contributed by atoms with van der Waals surface area (Å²) in [5.41, 5.74) is 1.97. The molecular weight excluding hydrogens is 312 g/mol. The summed E-state index contributed by atoms with van der Waals surface area (Å²) >= 11 is 0. The Morgan fingerprint density at radius 3 is 2.48 bits per heavy atom. The molecule has 0 bridgehead atoms. The fourth-order valence-corrected chi connectivity index (χ4v) is 3.35. The van der Waals surface area contributed by atoms with Crippen LogP contribution in [0.5, 0.6) is 5.75 Å². The Balaban J connectivity index is 1.44. The van der Waals surface area contributed by atoms with Gasteiger partial charge in [0, 0.05) is 13.1 Å². The lowest BCUT2D eigenvalue weighted by Gasteiger charge is -2.32. The Morgan fingerprint density at radius 2 is 1.76 bits per heavy atom. The highest BCUT2D eigenvalue weighted by atomic mass is 16.5. The van der Waals surface area contributed by atoms with Crippen molar-refractivity contribution in [1.82, 2.24) is 10.2 Å². The van der Waals surface area contributed by atoms with Gasteiger partial charge < -0.3 is 10.1 Å². The maximum absolute atomic E-state index is 12.4. The molecule has 3 rings (SSSR count). The topological polar surface area (TPSA) is 41.6 Å². The van der Waals surface area contributed by atoms with Crippen LogP contribution in [-0.4, -0.2) is 37.6 Å². The summed E-state index contributed by atoms with van der Waals surface area (Å²) < 4.78 is 5.26. The summed E-state index contributed by atoms with van der Waals surface area (Å²) in [5, 5.41) is 3.07. The zero-order valence-corrected chi connectivity index (χ0v) is 14.8. The molecule has 0 aromatic heterocycles. The summed E-state index contributed by atoms with van der Waals surface area (Å²) in [5.74, 6) is 1.12. The van der Waals surface area contributed by atoms with E-state index in [4.69, 9.17) is 4.74 Å². The van der Waals surface area contributed by atoms with Gasteiger partial charge in [0.2, 0.25) is 0 Å². The average molecular weight is 338 g/mol. The molecule has 4 nitrogen and oxygen atoms in total. The standard InChI is InChI=1S/C21H26N2O2/c1-25-20-10-6-5-9-19(20)21(24)22-15-17-11-13-23(14-12-17)16-18-7-3-2-4-8-18/h2-10,17H,11-16H2,1H3,(H,22,24). The summed E-state index contributed by atoms with van der Waals surface area (Å²) in [6.45, 7) is 3.92. The second-order valence-electron chi connectivity index (χ2n) is 6.62. The number of para-hydroxylation sites is 1. The molecule has 1 amide bonds. The van der Waals surface area contributed by atoms with E-state index < -0.39 is 0 Å². The lowest BCUT2D eigenvalue weighted by molar-refractivity contribution is 0.0932. The summed E-state index contributed by atoms with van der Waals surface area (Å²) in [6, 6.07) is 18.0. The number of nitrogens with zero attached hydrogens (tertiary/aromatic N) is 1. The van der Waals surface area contributed by atoms with Crippen LogP contribution in [0.4, 0.5) is 0 Å². The van der Waals surface area contributed by atoms with Gasteiger partial charge in [-0.25, -0.2) is 0 Å². The van der Waals surface area contributed by atoms with E-state index in [2.05, 4.69) is 40.5 Å². The van der Waals surface area contributed by atoms with E-state index >= 15 is 0 Å². The maximum Gasteiger partial charge on any atom is 0.255 e. The Bertz CT molecular complexity index is 679. The molecule has 1 aliphatic heterocycles. The van der Waals surface area contributed by atoms with Gasteiger partial charge >= 0.3 is 0 Å². The van der Waals surface area contributed by atoms with Gasteiger partial charge in [-0.05, 0) is 49.5 Å². The lowest BCUT2D eigenvalue weighted by atomic mass is 9.96. The highest BCUT2D eigenvalue weighted by Gasteiger charge is 2.20. The third kappa shape index (κ3) is 4.83. The largest absolute Gasteiger partial charge is 0.496 e. The van der Waals surface area contributed by atoms with Crippen molar-refractivity contribution >= 4 is 5.91 Å². The first-order valence-corrected chi connectivity index (χ1v) is 8.94. The molecule has 0 radical (unpaired) electrons. The predicted octanol–water partition coefficient (Wildman–Crippen LogP) is 3.34. The van der Waals surface area contributed by atoms with E-state index in [1.807, 2.05) is 18.2 Å². The van der Waals surface area contributed by atoms with Crippen LogP contribution in [0.3, 0.4) is 0 Å². The fourth-order valence-electron chi connectivity index (χ4n) is 3.35. The third-order valence-electron chi connectivity index (χ3n) is 4.86. The molecule has 2 aromatic rings. The number of likely N-dealkylation sites (tertiary alicyclic amines) is 1. The van der Waals surface area contributed by atoms with Gasteiger partial charge in [-0.3, -0.25) is 9.69 Å². The number of amides is 1. The minimum atomic E-state index is -0.0517. The molecule has 1 saturated heterocycles. The maximum atomic E-state index is 12.4. The molecule has 0 saturated carbocycles. The second-order valence-corrected chi connectivity index (χ2v) is 6.62. The Kier molecular flexibility index (Phi) is 6.07. The van der Waals surface area contributed by atoms with Crippen molar-refractivity contribution in [3.05, 3.63) is 65.7 Å². The van der Waals surface area contributed by atoms with Gasteiger partial charge in [-0.1, -0.05) is 42.5 Å². The molecule has 4 heteroatoms. The van der Waals surface area contributed by atoms with E-state index in [1.165, 1.54) is 5.56 Å². The van der Waals surface area contributed by atoms with Crippen LogP contribution in [0.1, 0.15) is 28.8 Å². The number of hydrogen-bond acceptors (Lipinski definition) is 3. The van der Waals surface area contributed by atoms with Crippen LogP contribution in [0, 0.1) is 5.92 Å². The monoisotopic (exact) mass is 338 g/mol. The molecule has 1 aliphatic rings. The number of carbonyl (C=O) groups excluding carboxylic acids is 1. The van der Waals surface area contributed by atoms with Crippen molar-refractivity contribution in [2.24, 2.45) is 5.92 Å². The van der Waals surface area contributed by atoms with Crippen molar-refractivity contribution in [3.63, 3.8) is 0 Å². The van der Waals surface area contributed by atoms with Gasteiger partial charge in [0.25, 0.3) is 5.91 Å². The Morgan fingerprint density at radius 1 is 1.08 bits per heavy atom. The molecule has 0 unspecified atom stereocenters. The normalized spacial score (nSPS) is 15.7. The molecule has 25 heavy (non-hydrogen) atoms. The number of ether oxygens (including phenoxy) is 1. The predicted molar refractivity (Wildman–Crippen MR) is 99.8 cm³/mol. The molecule has 0 spiro atoms. The van der Waals surface area contributed by atoms with E-state index in [0.717, 1.165) is 39.0 Å². The SMILES string of the molecule is COc1ccccc1C(=O)NCC1CCN(Cc2ccccc2)CC1. The first-order chi connectivity index (χ1) is 12.3. The van der Waals surface area contributed by atoms with Crippen LogP contribution in [0.2, 0.25) is 0 Å². The van der Waals surface area contributed by atoms with Crippen LogP contribution < -0.4 is 10.1 Å². The first-order valence-electron chi connectivity index (χ1n) is 8.94. The third-order valence-corrected chi connectivity index (χ3v) is 4.86. The summed E-state index contributed by atoms with van der Waals surface area (Å²) in [4.78, 5) is 14.9. The minimum absolute atomic E-state index is 0.0517. The molecule has 1 heterocycles. The highest BCUT2D eigenvalue weighted by molar-refractivity contribution is 5.96. The Labute approximate surface area is 149 Å². The molecule has 2 aromatic carbocycles. The van der Waals surface area contributed by atoms with E-state index in [9.17, 15) is 4.79 Å². The molecule has 0 atom stereocenters. The number of hydrogen-bond donors (Lipinski definition) is 1. The molecule has 132 valence electrons. The number of methoxy groups -OCH3 is 1. The van der Waals surface area contributed by atoms with Gasteiger partial charge in [-0.15, -0.1) is 0 Å². The zero-order valence-electron chi connectivity index (χ0n) is 14.8. The van der Waals surface area contributed by atoms with Crippen LogP contribution in [0.25, 0.3) is 0 Å². The summed E-state index contributed by atoms with van der Waals surface area (Å²) in [6.07, 6.45) is 2.25. The van der Waals surface area contributed by atoms with Crippen molar-refractivity contribution in [1.29, 1.82) is 0 Å². The van der Waals surface area contributed by atoms with E-state index in [0.29, 0.717) is 17.2 Å². The number of nitrogens with one attached hydrogen (secondary N) is 1. The number of carbonyl (C=O) groups is 1. The molecule has 0 aliphatic carbocycles. The van der Waals surface area contributed by atoms with Gasteiger partial charge in [0.1, 0.15) is 5.75 Å². The van der Waals surface area contributed by atoms with Crippen molar-refractivity contribution in [2.75, 3.05) is 26.7 Å². The van der Waals surface area contributed by atoms with Gasteiger partial charge in [0.05, 0.1) is 12.7 Å². The van der Waals surface area contributed by atoms with Crippen LogP contribution >= 0.6 is 0 Å². The molecule has 1 N–H and O–H groups in total. The Hall–Kier alpha value is -2.33. The quantitative estimate of drug-likeness (QED) is 0.878.